The van der Waals surface area contributed by atoms with Crippen molar-refractivity contribution in [3.63, 3.8) is 0 Å². The second-order valence-electron chi connectivity index (χ2n) is 4.47. The zero-order valence-electron chi connectivity index (χ0n) is 9.28. The molecule has 3 rings (SSSR count). The topological polar surface area (TPSA) is 69.1 Å². The lowest BCUT2D eigenvalue weighted by atomic mass is 10.1. The second kappa shape index (κ2) is 3.74. The maximum Gasteiger partial charge on any atom is 0.248 e. The number of alkyl halides is 2. The first-order chi connectivity index (χ1) is 8.46. The molecule has 0 aliphatic heterocycles. The minimum atomic E-state index is -2.64. The van der Waals surface area contributed by atoms with Crippen molar-refractivity contribution in [3.8, 4) is 0 Å². The number of nitrogens with zero attached hydrogens (tertiary/aromatic N) is 4. The molecule has 0 saturated heterocycles. The molecule has 96 valence electrons. The fourth-order valence-corrected chi connectivity index (χ4v) is 2.53. The maximum atomic E-state index is 13.2. The number of fused-ring (bicyclic) bond motifs is 1. The van der Waals surface area contributed by atoms with Crippen LogP contribution >= 0.6 is 11.6 Å². The van der Waals surface area contributed by atoms with Crippen LogP contribution < -0.4 is 5.73 Å². The van der Waals surface area contributed by atoms with Crippen LogP contribution in [0.15, 0.2) is 6.20 Å². The summed E-state index contributed by atoms with van der Waals surface area (Å²) in [4.78, 5) is 7.93. The van der Waals surface area contributed by atoms with Crippen LogP contribution in [0.2, 0.25) is 5.15 Å². The van der Waals surface area contributed by atoms with Crippen LogP contribution in [-0.2, 0) is 0 Å². The molecule has 0 amide bonds. The summed E-state index contributed by atoms with van der Waals surface area (Å²) >= 11 is 5.94. The van der Waals surface area contributed by atoms with Crippen molar-refractivity contribution >= 4 is 23.1 Å². The monoisotopic (exact) mass is 273 g/mol. The quantitative estimate of drug-likeness (QED) is 0.865. The van der Waals surface area contributed by atoms with Crippen LogP contribution in [-0.4, -0.2) is 25.5 Å². The summed E-state index contributed by atoms with van der Waals surface area (Å²) in [5, 5.41) is 4.19. The molecule has 5 nitrogen and oxygen atoms in total. The molecule has 8 heteroatoms. The van der Waals surface area contributed by atoms with Gasteiger partial charge >= 0.3 is 0 Å². The molecule has 1 aliphatic rings. The molecule has 1 unspecified atom stereocenters. The molecular formula is C10H10ClF2N5. The van der Waals surface area contributed by atoms with E-state index in [1.807, 2.05) is 0 Å². The average Bonchev–Trinajstić information content (AvgIpc) is 2.80. The lowest BCUT2D eigenvalue weighted by Crippen LogP contribution is -2.11. The van der Waals surface area contributed by atoms with Crippen LogP contribution in [0.1, 0.15) is 31.0 Å². The van der Waals surface area contributed by atoms with E-state index in [0.29, 0.717) is 17.8 Å². The smallest absolute Gasteiger partial charge is 0.248 e. The van der Waals surface area contributed by atoms with Crippen LogP contribution in [0.5, 0.6) is 0 Å². The Kier molecular flexibility index (Phi) is 2.41. The predicted octanol–water partition coefficient (Wildman–Crippen LogP) is 2.26. The second-order valence-corrected chi connectivity index (χ2v) is 4.83. The summed E-state index contributed by atoms with van der Waals surface area (Å²) in [5.74, 6) is -2.50. The van der Waals surface area contributed by atoms with E-state index in [-0.39, 0.29) is 29.9 Å². The van der Waals surface area contributed by atoms with E-state index in [9.17, 15) is 8.78 Å². The van der Waals surface area contributed by atoms with Crippen molar-refractivity contribution in [1.29, 1.82) is 0 Å². The van der Waals surface area contributed by atoms with Gasteiger partial charge < -0.3 is 5.73 Å². The molecule has 2 aromatic rings. The Balaban J connectivity index is 2.10. The summed E-state index contributed by atoms with van der Waals surface area (Å²) in [6.07, 6.45) is 1.44. The van der Waals surface area contributed by atoms with Crippen molar-refractivity contribution in [3.05, 3.63) is 17.2 Å². The third kappa shape index (κ3) is 1.78. The van der Waals surface area contributed by atoms with Crippen LogP contribution in [0.25, 0.3) is 5.52 Å². The van der Waals surface area contributed by atoms with E-state index in [4.69, 9.17) is 17.3 Å². The third-order valence-corrected chi connectivity index (χ3v) is 3.44. The van der Waals surface area contributed by atoms with Gasteiger partial charge in [0.05, 0.1) is 6.20 Å². The molecule has 1 aliphatic carbocycles. The number of hydrogen-bond donors (Lipinski definition) is 1. The molecule has 1 atom stereocenters. The Morgan fingerprint density at radius 3 is 2.94 bits per heavy atom. The van der Waals surface area contributed by atoms with Gasteiger partial charge in [-0.05, 0) is 6.42 Å². The standard InChI is InChI=1S/C10H10ClF2N5/c11-7-6-4-15-9(14)17-18(6)8(16-7)5-1-2-10(12,13)3-5/h4-5H,1-3H2,(H2,14,17). The summed E-state index contributed by atoms with van der Waals surface area (Å²) in [6.45, 7) is 0. The fourth-order valence-electron chi connectivity index (χ4n) is 2.32. The number of imidazole rings is 1. The Bertz CT molecular complexity index is 612. The van der Waals surface area contributed by atoms with E-state index in [1.54, 1.807) is 0 Å². The van der Waals surface area contributed by atoms with Crippen molar-refractivity contribution in [1.82, 2.24) is 19.6 Å². The highest BCUT2D eigenvalue weighted by molar-refractivity contribution is 6.32. The summed E-state index contributed by atoms with van der Waals surface area (Å²) < 4.78 is 27.9. The first-order valence-corrected chi connectivity index (χ1v) is 5.88. The first-order valence-electron chi connectivity index (χ1n) is 5.51. The average molecular weight is 274 g/mol. The van der Waals surface area contributed by atoms with Crippen LogP contribution in [0, 0.1) is 0 Å². The molecule has 2 heterocycles. The van der Waals surface area contributed by atoms with Gasteiger partial charge in [0.25, 0.3) is 0 Å². The van der Waals surface area contributed by atoms with Gasteiger partial charge in [-0.25, -0.2) is 23.3 Å². The largest absolute Gasteiger partial charge is 0.367 e. The van der Waals surface area contributed by atoms with Gasteiger partial charge in [0.2, 0.25) is 11.9 Å². The van der Waals surface area contributed by atoms with E-state index < -0.39 is 5.92 Å². The SMILES string of the molecule is Nc1ncc2c(Cl)nc(C3CCC(F)(F)C3)n2n1. The molecule has 0 aromatic carbocycles. The van der Waals surface area contributed by atoms with Crippen molar-refractivity contribution in [2.45, 2.75) is 31.1 Å². The highest BCUT2D eigenvalue weighted by Gasteiger charge is 2.42. The lowest BCUT2D eigenvalue weighted by molar-refractivity contribution is 0.00751. The summed E-state index contributed by atoms with van der Waals surface area (Å²) in [7, 11) is 0. The predicted molar refractivity (Wildman–Crippen MR) is 61.7 cm³/mol. The van der Waals surface area contributed by atoms with Crippen molar-refractivity contribution in [2.24, 2.45) is 0 Å². The van der Waals surface area contributed by atoms with E-state index in [0.717, 1.165) is 0 Å². The van der Waals surface area contributed by atoms with Crippen molar-refractivity contribution < 1.29 is 8.78 Å². The van der Waals surface area contributed by atoms with Gasteiger partial charge in [-0.15, -0.1) is 5.10 Å². The molecule has 2 aromatic heterocycles. The van der Waals surface area contributed by atoms with Gasteiger partial charge in [-0.2, -0.15) is 0 Å². The van der Waals surface area contributed by atoms with Gasteiger partial charge in [0, 0.05) is 18.8 Å². The number of aromatic nitrogens is 4. The third-order valence-electron chi connectivity index (χ3n) is 3.16. The van der Waals surface area contributed by atoms with Crippen molar-refractivity contribution in [2.75, 3.05) is 5.73 Å². The number of anilines is 1. The summed E-state index contributed by atoms with van der Waals surface area (Å²) in [5.41, 5.74) is 5.97. The Morgan fingerprint density at radius 1 is 1.50 bits per heavy atom. The normalized spacial score (nSPS) is 22.7. The molecular weight excluding hydrogens is 264 g/mol. The van der Waals surface area contributed by atoms with E-state index in [2.05, 4.69) is 15.1 Å². The van der Waals surface area contributed by atoms with Gasteiger partial charge in [0.15, 0.2) is 5.15 Å². The Labute approximate surface area is 106 Å². The van der Waals surface area contributed by atoms with Gasteiger partial charge in [-0.3, -0.25) is 0 Å². The number of halogens is 3. The number of hydrogen-bond acceptors (Lipinski definition) is 4. The highest BCUT2D eigenvalue weighted by atomic mass is 35.5. The molecule has 2 N–H and O–H groups in total. The van der Waals surface area contributed by atoms with Gasteiger partial charge in [-0.1, -0.05) is 11.6 Å². The lowest BCUT2D eigenvalue weighted by Gasteiger charge is -2.09. The minimum absolute atomic E-state index is 0.0579. The minimum Gasteiger partial charge on any atom is -0.367 e. The summed E-state index contributed by atoms with van der Waals surface area (Å²) in [6, 6.07) is 0. The zero-order valence-corrected chi connectivity index (χ0v) is 10.0. The first kappa shape index (κ1) is 11.6. The Morgan fingerprint density at radius 2 is 2.28 bits per heavy atom. The van der Waals surface area contributed by atoms with Crippen LogP contribution in [0.4, 0.5) is 14.7 Å². The highest BCUT2D eigenvalue weighted by Crippen LogP contribution is 2.44. The number of nitrogen functional groups attached to an aromatic ring is 1. The van der Waals surface area contributed by atoms with Gasteiger partial charge in [0.1, 0.15) is 11.3 Å². The molecule has 0 spiro atoms. The number of rotatable bonds is 1. The Hall–Kier alpha value is -1.50. The molecule has 1 saturated carbocycles. The maximum absolute atomic E-state index is 13.2. The molecule has 1 fully saturated rings. The molecule has 0 radical (unpaired) electrons. The zero-order chi connectivity index (χ0) is 12.9. The number of nitrogens with two attached hydrogens (primary N) is 1. The molecule has 18 heavy (non-hydrogen) atoms. The van der Waals surface area contributed by atoms with E-state index >= 15 is 0 Å². The van der Waals surface area contributed by atoms with E-state index in [1.165, 1.54) is 10.7 Å². The van der Waals surface area contributed by atoms with Crippen LogP contribution in [0.3, 0.4) is 0 Å². The molecule has 0 bridgehead atoms. The fraction of sp³-hybridized carbons (Fsp3) is 0.500.